The quantitative estimate of drug-likeness (QED) is 0.162. The first-order valence-electron chi connectivity index (χ1n) is 14.2. The highest BCUT2D eigenvalue weighted by Crippen LogP contribution is 2.26. The van der Waals surface area contributed by atoms with Gasteiger partial charge in [-0.1, -0.05) is 69.3 Å². The van der Waals surface area contributed by atoms with Gasteiger partial charge in [-0.05, 0) is 78.5 Å². The lowest BCUT2D eigenvalue weighted by molar-refractivity contribution is -0.147. The van der Waals surface area contributed by atoms with Crippen LogP contribution in [0.3, 0.4) is 0 Å². The number of hydroxylamine groups is 1. The zero-order chi connectivity index (χ0) is 30.9. The lowest BCUT2D eigenvalue weighted by Gasteiger charge is -2.33. The number of nitrogens with one attached hydrogen (secondary N) is 3. The molecule has 9 nitrogen and oxygen atoms in total. The Morgan fingerprint density at radius 1 is 0.905 bits per heavy atom. The largest absolute Gasteiger partial charge is 0.382 e. The van der Waals surface area contributed by atoms with Crippen molar-refractivity contribution in [3.05, 3.63) is 89.7 Å². The Kier molecular flexibility index (Phi) is 11.4. The van der Waals surface area contributed by atoms with Gasteiger partial charge in [0.25, 0.3) is 5.91 Å². The van der Waals surface area contributed by atoms with Crippen LogP contribution in [0.5, 0.6) is 0 Å². The van der Waals surface area contributed by atoms with Gasteiger partial charge in [0.1, 0.15) is 12.1 Å². The van der Waals surface area contributed by atoms with Crippen LogP contribution in [-0.4, -0.2) is 45.2 Å². The van der Waals surface area contributed by atoms with Gasteiger partial charge in [0.05, 0.1) is 12.0 Å². The standard InChI is InChI=1S/C33H42N4O5/c1-21-20-23(14-15-26(21)25-11-7-6-8-12-25)10-9-13-27(28(38)31(40)37-42)30(39)36-29(33(3,4)5)32(41)35-22(2)24-16-18-34-19-17-24/h6-8,11-12,14-20,22,27-29,38,42H,9-10,13H2,1-5H3,(H,35,41)(H,36,39)(H,37,40)/t22?,27-,28?,29-/m1/s1. The number of amides is 3. The summed E-state index contributed by atoms with van der Waals surface area (Å²) in [6.45, 7) is 9.34. The first-order chi connectivity index (χ1) is 19.9. The molecule has 0 aliphatic heterocycles. The van der Waals surface area contributed by atoms with Crippen LogP contribution in [0.2, 0.25) is 0 Å². The Balaban J connectivity index is 1.71. The van der Waals surface area contributed by atoms with Gasteiger partial charge >= 0.3 is 0 Å². The number of aliphatic hydroxyl groups excluding tert-OH is 1. The van der Waals surface area contributed by atoms with Crippen molar-refractivity contribution >= 4 is 17.7 Å². The molecular formula is C33H42N4O5. The Morgan fingerprint density at radius 2 is 1.57 bits per heavy atom. The highest BCUT2D eigenvalue weighted by atomic mass is 16.5. The predicted octanol–water partition coefficient (Wildman–Crippen LogP) is 4.27. The van der Waals surface area contributed by atoms with E-state index in [-0.39, 0.29) is 12.5 Å². The third kappa shape index (κ3) is 8.71. The molecule has 0 radical (unpaired) electrons. The number of carbonyl (C=O) groups excluding carboxylic acids is 3. The topological polar surface area (TPSA) is 141 Å². The van der Waals surface area contributed by atoms with E-state index >= 15 is 0 Å². The first kappa shape index (κ1) is 32.4. The summed E-state index contributed by atoms with van der Waals surface area (Å²) in [6.07, 6.45) is 2.74. The predicted molar refractivity (Wildman–Crippen MR) is 161 cm³/mol. The van der Waals surface area contributed by atoms with Crippen molar-refractivity contribution in [1.29, 1.82) is 0 Å². The number of nitrogens with zero attached hydrogens (tertiary/aromatic N) is 1. The maximum absolute atomic E-state index is 13.5. The van der Waals surface area contributed by atoms with E-state index in [2.05, 4.69) is 39.9 Å². The third-order valence-corrected chi connectivity index (χ3v) is 7.43. The van der Waals surface area contributed by atoms with Gasteiger partial charge in [0.15, 0.2) is 0 Å². The molecule has 224 valence electrons. The Labute approximate surface area is 247 Å². The minimum Gasteiger partial charge on any atom is -0.382 e. The van der Waals surface area contributed by atoms with Gasteiger partial charge in [0, 0.05) is 12.4 Å². The van der Waals surface area contributed by atoms with Gasteiger partial charge in [-0.2, -0.15) is 0 Å². The molecule has 1 aromatic heterocycles. The fourth-order valence-corrected chi connectivity index (χ4v) is 4.99. The van der Waals surface area contributed by atoms with E-state index in [1.165, 1.54) is 5.48 Å². The number of hydrogen-bond donors (Lipinski definition) is 5. The van der Waals surface area contributed by atoms with Gasteiger partial charge in [-0.25, -0.2) is 5.48 Å². The molecular weight excluding hydrogens is 532 g/mol. The maximum Gasteiger partial charge on any atom is 0.272 e. The Morgan fingerprint density at radius 3 is 2.17 bits per heavy atom. The number of hydrogen-bond acceptors (Lipinski definition) is 6. The zero-order valence-corrected chi connectivity index (χ0v) is 24.9. The van der Waals surface area contributed by atoms with Crippen LogP contribution in [0, 0.1) is 18.3 Å². The van der Waals surface area contributed by atoms with E-state index in [0.717, 1.165) is 27.8 Å². The Hall–Kier alpha value is -4.08. The molecule has 3 amide bonds. The van der Waals surface area contributed by atoms with E-state index in [1.807, 2.05) is 58.9 Å². The monoisotopic (exact) mass is 574 g/mol. The van der Waals surface area contributed by atoms with Gasteiger partial charge in [-0.3, -0.25) is 24.6 Å². The molecule has 0 bridgehead atoms. The van der Waals surface area contributed by atoms with Crippen molar-refractivity contribution in [3.8, 4) is 11.1 Å². The van der Waals surface area contributed by atoms with Crippen molar-refractivity contribution in [2.75, 3.05) is 0 Å². The maximum atomic E-state index is 13.5. The molecule has 0 fully saturated rings. The van der Waals surface area contributed by atoms with Crippen LogP contribution in [0.25, 0.3) is 11.1 Å². The minimum absolute atomic E-state index is 0.159. The summed E-state index contributed by atoms with van der Waals surface area (Å²) in [5.74, 6) is -3.30. The number of aromatic nitrogens is 1. The average Bonchev–Trinajstić information content (AvgIpc) is 2.97. The average molecular weight is 575 g/mol. The van der Waals surface area contributed by atoms with Crippen molar-refractivity contribution in [3.63, 3.8) is 0 Å². The minimum atomic E-state index is -1.79. The van der Waals surface area contributed by atoms with Crippen LogP contribution < -0.4 is 16.1 Å². The summed E-state index contributed by atoms with van der Waals surface area (Å²) in [6, 6.07) is 18.6. The lowest BCUT2D eigenvalue weighted by Crippen LogP contribution is -2.56. The second-order valence-electron chi connectivity index (χ2n) is 11.8. The van der Waals surface area contributed by atoms with Crippen LogP contribution in [0.1, 0.15) is 63.3 Å². The second kappa shape index (κ2) is 14.7. The Bertz CT molecular complexity index is 1340. The number of aryl methyl sites for hydroxylation is 2. The molecule has 2 unspecified atom stereocenters. The number of benzene rings is 2. The molecule has 2 aromatic carbocycles. The van der Waals surface area contributed by atoms with Crippen molar-refractivity contribution in [1.82, 2.24) is 21.1 Å². The summed E-state index contributed by atoms with van der Waals surface area (Å²) in [5.41, 5.74) is 6.06. The molecule has 0 spiro atoms. The summed E-state index contributed by atoms with van der Waals surface area (Å²) in [4.78, 5) is 43.0. The van der Waals surface area contributed by atoms with Crippen molar-refractivity contribution in [2.24, 2.45) is 11.3 Å². The van der Waals surface area contributed by atoms with Crippen molar-refractivity contribution in [2.45, 2.75) is 72.1 Å². The number of rotatable bonds is 12. The molecule has 9 heteroatoms. The highest BCUT2D eigenvalue weighted by Gasteiger charge is 2.38. The van der Waals surface area contributed by atoms with E-state index in [1.54, 1.807) is 24.5 Å². The molecule has 0 saturated heterocycles. The molecule has 3 rings (SSSR count). The third-order valence-electron chi connectivity index (χ3n) is 7.43. The normalized spacial score (nSPS) is 14.3. The molecule has 5 N–H and O–H groups in total. The number of aliphatic hydroxyl groups is 1. The fraction of sp³-hybridized carbons (Fsp3) is 0.394. The first-order valence-corrected chi connectivity index (χ1v) is 14.2. The van der Waals surface area contributed by atoms with Gasteiger partial charge in [0.2, 0.25) is 11.8 Å². The smallest absolute Gasteiger partial charge is 0.272 e. The van der Waals surface area contributed by atoms with Gasteiger partial charge < -0.3 is 15.7 Å². The molecule has 4 atom stereocenters. The molecule has 3 aromatic rings. The lowest BCUT2D eigenvalue weighted by atomic mass is 9.84. The molecule has 0 aliphatic rings. The summed E-state index contributed by atoms with van der Waals surface area (Å²) >= 11 is 0. The molecule has 42 heavy (non-hydrogen) atoms. The fourth-order valence-electron chi connectivity index (χ4n) is 4.99. The van der Waals surface area contributed by atoms with E-state index < -0.39 is 41.2 Å². The summed E-state index contributed by atoms with van der Waals surface area (Å²) < 4.78 is 0. The zero-order valence-electron chi connectivity index (χ0n) is 24.9. The van der Waals surface area contributed by atoms with Crippen molar-refractivity contribution < 1.29 is 24.7 Å². The van der Waals surface area contributed by atoms with E-state index in [0.29, 0.717) is 12.8 Å². The number of carbonyl (C=O) groups is 3. The molecule has 0 aliphatic carbocycles. The second-order valence-corrected chi connectivity index (χ2v) is 11.8. The van der Waals surface area contributed by atoms with E-state index in [4.69, 9.17) is 5.21 Å². The molecule has 1 heterocycles. The van der Waals surface area contributed by atoms with Crippen LogP contribution >= 0.6 is 0 Å². The summed E-state index contributed by atoms with van der Waals surface area (Å²) in [7, 11) is 0. The number of pyridine rings is 1. The van der Waals surface area contributed by atoms with Crippen LogP contribution in [0.15, 0.2) is 73.1 Å². The van der Waals surface area contributed by atoms with Crippen LogP contribution in [-0.2, 0) is 20.8 Å². The van der Waals surface area contributed by atoms with Crippen LogP contribution in [0.4, 0.5) is 0 Å². The molecule has 0 saturated carbocycles. The highest BCUT2D eigenvalue weighted by molar-refractivity contribution is 5.92. The SMILES string of the molecule is Cc1cc(CCC[C@@H](C(=O)N[C@H](C(=O)NC(C)c2ccncc2)C(C)(C)C)C(O)C(=O)NO)ccc1-c1ccccc1. The van der Waals surface area contributed by atoms with E-state index in [9.17, 15) is 19.5 Å². The van der Waals surface area contributed by atoms with Gasteiger partial charge in [-0.15, -0.1) is 0 Å². The summed E-state index contributed by atoms with van der Waals surface area (Å²) in [5, 5.41) is 25.5.